The van der Waals surface area contributed by atoms with E-state index in [1.54, 1.807) is 7.11 Å². The molecule has 3 aromatic rings. The lowest BCUT2D eigenvalue weighted by molar-refractivity contribution is 0.0776. The second kappa shape index (κ2) is 13.3. The Labute approximate surface area is 224 Å². The highest BCUT2D eigenvalue weighted by Crippen LogP contribution is 2.27. The highest BCUT2D eigenvalue weighted by molar-refractivity contribution is 5.83. The van der Waals surface area contributed by atoms with E-state index in [0.29, 0.717) is 36.2 Å². The number of piperidine rings is 1. The van der Waals surface area contributed by atoms with Crippen molar-refractivity contribution in [3.63, 3.8) is 0 Å². The van der Waals surface area contributed by atoms with E-state index in [0.717, 1.165) is 63.6 Å². The number of aryl methyl sites for hydroxylation is 1. The van der Waals surface area contributed by atoms with Crippen molar-refractivity contribution in [2.24, 2.45) is 5.92 Å². The van der Waals surface area contributed by atoms with Crippen molar-refractivity contribution in [3.8, 4) is 12.0 Å². The summed E-state index contributed by atoms with van der Waals surface area (Å²) < 4.78 is 18.9. The van der Waals surface area contributed by atoms with Crippen LogP contribution in [0.3, 0.4) is 0 Å². The number of ether oxygens (including phenoxy) is 3. The Balaban J connectivity index is 1.30. The first-order valence-electron chi connectivity index (χ1n) is 13.7. The Morgan fingerprint density at radius 3 is 2.76 bits per heavy atom. The molecular formula is C28H40N6O4. The maximum Gasteiger partial charge on any atom is 0.410 e. The van der Waals surface area contributed by atoms with Crippen LogP contribution in [0.5, 0.6) is 12.0 Å². The summed E-state index contributed by atoms with van der Waals surface area (Å²) in [7, 11) is 1.59. The SMILES string of the molecule is CCC[C@H](C)Oc1nc(N)c2nc(OC)n(CCCCC3CCCN(C(=O)OCc4ccccc4)C3)c2n1. The molecule has 1 saturated heterocycles. The highest BCUT2D eigenvalue weighted by Gasteiger charge is 2.25. The molecule has 1 amide bonds. The molecule has 0 saturated carbocycles. The second-order valence-corrected chi connectivity index (χ2v) is 10.0. The number of carbonyl (C=O) groups excluding carboxylic acids is 1. The smallest absolute Gasteiger partial charge is 0.410 e. The zero-order chi connectivity index (χ0) is 26.9. The molecule has 1 aliphatic rings. The van der Waals surface area contributed by atoms with Crippen LogP contribution in [0.4, 0.5) is 10.6 Å². The number of nitrogens with zero attached hydrogens (tertiary/aromatic N) is 5. The van der Waals surface area contributed by atoms with Gasteiger partial charge in [-0.25, -0.2) is 4.79 Å². The molecule has 206 valence electrons. The van der Waals surface area contributed by atoms with Crippen molar-refractivity contribution >= 4 is 23.1 Å². The fourth-order valence-electron chi connectivity index (χ4n) is 5.02. The van der Waals surface area contributed by atoms with Crippen LogP contribution < -0.4 is 15.2 Å². The van der Waals surface area contributed by atoms with Crippen molar-refractivity contribution < 1.29 is 19.0 Å². The summed E-state index contributed by atoms with van der Waals surface area (Å²) in [6.07, 6.45) is 6.79. The molecule has 10 heteroatoms. The van der Waals surface area contributed by atoms with E-state index in [9.17, 15) is 4.79 Å². The van der Waals surface area contributed by atoms with Gasteiger partial charge in [-0.05, 0) is 50.5 Å². The third kappa shape index (κ3) is 7.05. The minimum absolute atomic E-state index is 0.000737. The summed E-state index contributed by atoms with van der Waals surface area (Å²) in [5.41, 5.74) is 8.33. The van der Waals surface area contributed by atoms with E-state index in [2.05, 4.69) is 21.9 Å². The van der Waals surface area contributed by atoms with Crippen LogP contribution in [0, 0.1) is 5.92 Å². The van der Waals surface area contributed by atoms with Gasteiger partial charge in [-0.2, -0.15) is 15.0 Å². The largest absolute Gasteiger partial charge is 0.468 e. The Bertz CT molecular complexity index is 1190. The predicted octanol–water partition coefficient (Wildman–Crippen LogP) is 5.20. The van der Waals surface area contributed by atoms with Gasteiger partial charge < -0.3 is 24.8 Å². The van der Waals surface area contributed by atoms with Gasteiger partial charge >= 0.3 is 12.1 Å². The van der Waals surface area contributed by atoms with Gasteiger partial charge in [0.2, 0.25) is 0 Å². The molecule has 0 spiro atoms. The number of amides is 1. The lowest BCUT2D eigenvalue weighted by Gasteiger charge is -2.32. The van der Waals surface area contributed by atoms with E-state index in [1.165, 1.54) is 0 Å². The third-order valence-corrected chi connectivity index (χ3v) is 6.98. The molecular weight excluding hydrogens is 484 g/mol. The minimum atomic E-state index is -0.225. The number of anilines is 1. The Morgan fingerprint density at radius 2 is 2.00 bits per heavy atom. The van der Waals surface area contributed by atoms with Crippen molar-refractivity contribution in [2.45, 2.75) is 78.0 Å². The maximum atomic E-state index is 12.6. The molecule has 3 heterocycles. The molecule has 1 aromatic carbocycles. The molecule has 0 aliphatic carbocycles. The number of rotatable bonds is 12. The van der Waals surface area contributed by atoms with E-state index >= 15 is 0 Å². The molecule has 38 heavy (non-hydrogen) atoms. The fourth-order valence-corrected chi connectivity index (χ4v) is 5.02. The summed E-state index contributed by atoms with van der Waals surface area (Å²) in [5.74, 6) is 0.750. The molecule has 10 nitrogen and oxygen atoms in total. The number of unbranched alkanes of at least 4 members (excludes halogenated alkanes) is 1. The number of fused-ring (bicyclic) bond motifs is 1. The van der Waals surface area contributed by atoms with E-state index in [1.807, 2.05) is 46.7 Å². The van der Waals surface area contributed by atoms with Gasteiger partial charge in [-0.1, -0.05) is 50.1 Å². The number of imidazole rings is 1. The molecule has 2 N–H and O–H groups in total. The van der Waals surface area contributed by atoms with Crippen molar-refractivity contribution in [3.05, 3.63) is 35.9 Å². The molecule has 1 aliphatic heterocycles. The zero-order valence-electron chi connectivity index (χ0n) is 22.8. The predicted molar refractivity (Wildman–Crippen MR) is 146 cm³/mol. The number of likely N-dealkylation sites (tertiary alicyclic amines) is 1. The average molecular weight is 525 g/mol. The Kier molecular flexibility index (Phi) is 9.62. The maximum absolute atomic E-state index is 12.6. The summed E-state index contributed by atoms with van der Waals surface area (Å²) in [5, 5.41) is 0. The van der Waals surface area contributed by atoms with Gasteiger partial charge in [0.05, 0.1) is 13.2 Å². The number of nitrogens with two attached hydrogens (primary N) is 1. The number of carbonyl (C=O) groups is 1. The van der Waals surface area contributed by atoms with Gasteiger partial charge in [-0.3, -0.25) is 4.57 Å². The van der Waals surface area contributed by atoms with E-state index in [4.69, 9.17) is 19.9 Å². The summed E-state index contributed by atoms with van der Waals surface area (Å²) in [6, 6.07) is 10.5. The molecule has 0 bridgehead atoms. The van der Waals surface area contributed by atoms with Gasteiger partial charge in [0.15, 0.2) is 17.0 Å². The topological polar surface area (TPSA) is 118 Å². The molecule has 0 radical (unpaired) electrons. The fraction of sp³-hybridized carbons (Fsp3) is 0.571. The normalized spacial score (nSPS) is 16.4. The third-order valence-electron chi connectivity index (χ3n) is 6.98. The van der Waals surface area contributed by atoms with Crippen LogP contribution in [0.25, 0.3) is 11.2 Å². The number of aromatic nitrogens is 4. The van der Waals surface area contributed by atoms with Crippen molar-refractivity contribution in [1.82, 2.24) is 24.4 Å². The van der Waals surface area contributed by atoms with Gasteiger partial charge in [-0.15, -0.1) is 0 Å². The second-order valence-electron chi connectivity index (χ2n) is 10.0. The minimum Gasteiger partial charge on any atom is -0.468 e. The number of hydrogen-bond donors (Lipinski definition) is 1. The van der Waals surface area contributed by atoms with Crippen LogP contribution in [0.2, 0.25) is 0 Å². The average Bonchev–Trinajstić information content (AvgIpc) is 3.28. The first-order valence-corrected chi connectivity index (χ1v) is 13.7. The first kappa shape index (κ1) is 27.5. The Morgan fingerprint density at radius 1 is 1.18 bits per heavy atom. The number of nitrogen functional groups attached to an aromatic ring is 1. The molecule has 2 atom stereocenters. The highest BCUT2D eigenvalue weighted by atomic mass is 16.6. The lowest BCUT2D eigenvalue weighted by atomic mass is 9.93. The van der Waals surface area contributed by atoms with Crippen molar-refractivity contribution in [1.29, 1.82) is 0 Å². The first-order chi connectivity index (χ1) is 18.5. The van der Waals surface area contributed by atoms with Gasteiger partial charge in [0, 0.05) is 19.6 Å². The summed E-state index contributed by atoms with van der Waals surface area (Å²) in [6.45, 7) is 6.60. The molecule has 4 rings (SSSR count). The van der Waals surface area contributed by atoms with E-state index < -0.39 is 0 Å². The summed E-state index contributed by atoms with van der Waals surface area (Å²) >= 11 is 0. The van der Waals surface area contributed by atoms with Crippen LogP contribution in [-0.2, 0) is 17.9 Å². The van der Waals surface area contributed by atoms with Gasteiger partial charge in [0.1, 0.15) is 6.61 Å². The zero-order valence-corrected chi connectivity index (χ0v) is 22.8. The van der Waals surface area contributed by atoms with Crippen LogP contribution in [0.1, 0.15) is 64.4 Å². The number of hydrogen-bond acceptors (Lipinski definition) is 8. The molecule has 1 unspecified atom stereocenters. The Hall–Kier alpha value is -3.56. The van der Waals surface area contributed by atoms with Crippen LogP contribution in [0.15, 0.2) is 30.3 Å². The number of methoxy groups -OCH3 is 1. The van der Waals surface area contributed by atoms with Crippen LogP contribution >= 0.6 is 0 Å². The molecule has 2 aromatic heterocycles. The molecule has 1 fully saturated rings. The monoisotopic (exact) mass is 524 g/mol. The van der Waals surface area contributed by atoms with Crippen LogP contribution in [-0.4, -0.2) is 56.8 Å². The summed E-state index contributed by atoms with van der Waals surface area (Å²) in [4.78, 5) is 27.9. The van der Waals surface area contributed by atoms with Gasteiger partial charge in [0.25, 0.3) is 6.01 Å². The number of benzene rings is 1. The quantitative estimate of drug-likeness (QED) is 0.321. The van der Waals surface area contributed by atoms with E-state index in [-0.39, 0.29) is 24.0 Å². The van der Waals surface area contributed by atoms with Crippen molar-refractivity contribution in [2.75, 3.05) is 25.9 Å². The standard InChI is InChI=1S/C28H40N6O4/c1-4-11-20(2)38-26-31-24(29)23-25(32-26)34(27(30-23)36-3)17-9-8-12-21-15-10-16-33(18-21)28(35)37-19-22-13-6-5-7-14-22/h5-7,13-14,20-21H,4,8-12,15-19H2,1-3H3,(H2,29,31,32)/t20-,21?/m0/s1. The lowest BCUT2D eigenvalue weighted by Crippen LogP contribution is -2.40.